The predicted octanol–water partition coefficient (Wildman–Crippen LogP) is 4.82. The summed E-state index contributed by atoms with van der Waals surface area (Å²) in [7, 11) is 1.21. The largest absolute Gasteiger partial charge is 0.465 e. The second-order valence-electron chi connectivity index (χ2n) is 5.87. The first-order valence-corrected chi connectivity index (χ1v) is 10.3. The van der Waals surface area contributed by atoms with Crippen molar-refractivity contribution in [2.45, 2.75) is 12.3 Å². The van der Waals surface area contributed by atoms with Crippen molar-refractivity contribution in [3.63, 3.8) is 0 Å². The molecule has 1 aliphatic rings. The number of halogens is 3. The van der Waals surface area contributed by atoms with Crippen LogP contribution in [0.5, 0.6) is 0 Å². The van der Waals surface area contributed by atoms with Crippen molar-refractivity contribution in [2.24, 2.45) is 0 Å². The lowest BCUT2D eigenvalue weighted by Crippen LogP contribution is -2.29. The smallest absolute Gasteiger partial charge is 0.340 e. The number of Topliss-reactive ketones (excluding diaryl/α,β-unsaturated/α-hetero) is 2. The molecule has 2 aromatic rings. The number of aryl methyl sites for hydroxylation is 1. The van der Waals surface area contributed by atoms with Gasteiger partial charge >= 0.3 is 5.97 Å². The molecule has 1 heterocycles. The van der Waals surface area contributed by atoms with Gasteiger partial charge in [-0.1, -0.05) is 27.5 Å². The molecule has 9 heteroatoms. The van der Waals surface area contributed by atoms with Crippen molar-refractivity contribution >= 4 is 66.7 Å². The number of esters is 1. The molecule has 1 aromatic carbocycles. The molecule has 1 N–H and O–H groups in total. The van der Waals surface area contributed by atoms with Crippen molar-refractivity contribution < 1.29 is 19.1 Å². The molecule has 0 saturated carbocycles. The van der Waals surface area contributed by atoms with E-state index in [0.29, 0.717) is 22.1 Å². The zero-order chi connectivity index (χ0) is 20.6. The van der Waals surface area contributed by atoms with Gasteiger partial charge in [-0.15, -0.1) is 0 Å². The number of nitrogens with one attached hydrogen (secondary N) is 1. The number of aromatic nitrogens is 1. The number of allylic oxidation sites excluding steroid dienone is 2. The molecule has 1 aliphatic carbocycles. The van der Waals surface area contributed by atoms with E-state index < -0.39 is 17.5 Å². The Morgan fingerprint density at radius 2 is 1.82 bits per heavy atom. The summed E-state index contributed by atoms with van der Waals surface area (Å²) in [5, 5.41) is 3.72. The molecule has 0 amide bonds. The fourth-order valence-corrected chi connectivity index (χ4v) is 3.93. The lowest BCUT2D eigenvalue weighted by molar-refractivity contribution is 0.0596. The Balaban J connectivity index is 2.19. The Hall–Kier alpha value is -2.03. The van der Waals surface area contributed by atoms with Gasteiger partial charge in [-0.2, -0.15) is 0 Å². The number of fused-ring (bicyclic) bond motifs is 1. The van der Waals surface area contributed by atoms with Crippen LogP contribution in [-0.2, 0) is 10.1 Å². The van der Waals surface area contributed by atoms with Gasteiger partial charge in [0.1, 0.15) is 5.70 Å². The van der Waals surface area contributed by atoms with Crippen LogP contribution in [0, 0.1) is 6.92 Å². The minimum Gasteiger partial charge on any atom is -0.465 e. The van der Waals surface area contributed by atoms with Crippen molar-refractivity contribution in [3.05, 3.63) is 67.5 Å². The summed E-state index contributed by atoms with van der Waals surface area (Å²) >= 11 is 12.4. The average Bonchev–Trinajstić information content (AvgIpc) is 2.69. The first-order chi connectivity index (χ1) is 13.3. The summed E-state index contributed by atoms with van der Waals surface area (Å²) in [4.78, 5) is 43.0. The molecule has 0 unspecified atom stereocenters. The van der Waals surface area contributed by atoms with E-state index in [0.717, 1.165) is 0 Å². The normalized spacial score (nSPS) is 13.5. The van der Waals surface area contributed by atoms with Crippen LogP contribution in [0.4, 0.5) is 5.69 Å². The minimum absolute atomic E-state index is 0.00710. The molecule has 6 nitrogen and oxygen atoms in total. The molecule has 28 heavy (non-hydrogen) atoms. The van der Waals surface area contributed by atoms with Gasteiger partial charge in [0.15, 0.2) is 0 Å². The number of methoxy groups -OCH3 is 1. The Morgan fingerprint density at radius 3 is 2.39 bits per heavy atom. The SMILES string of the molecule is COC(=O)c1c(CBr)nc(C)c2c1C(=O)C(Br)=C(Nc1ccc(Cl)cc1)C2=O. The van der Waals surface area contributed by atoms with Crippen molar-refractivity contribution in [1.82, 2.24) is 4.98 Å². The highest BCUT2D eigenvalue weighted by Gasteiger charge is 2.38. The second kappa shape index (κ2) is 8.14. The third-order valence-corrected chi connectivity index (χ3v) is 5.72. The highest BCUT2D eigenvalue weighted by molar-refractivity contribution is 9.12. The molecule has 144 valence electrons. The summed E-state index contributed by atoms with van der Waals surface area (Å²) in [6.07, 6.45) is 0. The average molecular weight is 529 g/mol. The van der Waals surface area contributed by atoms with Crippen LogP contribution in [0.1, 0.15) is 42.5 Å². The molecule has 3 rings (SSSR count). The second-order valence-corrected chi connectivity index (χ2v) is 7.66. The molecule has 0 fully saturated rings. The van der Waals surface area contributed by atoms with Crippen molar-refractivity contribution in [3.8, 4) is 0 Å². The van der Waals surface area contributed by atoms with E-state index in [1.54, 1.807) is 31.2 Å². The molecule has 0 aliphatic heterocycles. The van der Waals surface area contributed by atoms with E-state index in [2.05, 4.69) is 42.2 Å². The Morgan fingerprint density at radius 1 is 1.18 bits per heavy atom. The van der Waals surface area contributed by atoms with Crippen LogP contribution < -0.4 is 5.32 Å². The summed E-state index contributed by atoms with van der Waals surface area (Å²) in [5.74, 6) is -1.68. The van der Waals surface area contributed by atoms with Crippen LogP contribution >= 0.6 is 43.5 Å². The first kappa shape index (κ1) is 20.7. The molecule has 0 bridgehead atoms. The number of carbonyl (C=O) groups is 3. The molecule has 0 spiro atoms. The van der Waals surface area contributed by atoms with E-state index in [9.17, 15) is 14.4 Å². The zero-order valence-electron chi connectivity index (χ0n) is 14.7. The maximum Gasteiger partial charge on any atom is 0.340 e. The number of ketones is 2. The number of rotatable bonds is 4. The van der Waals surface area contributed by atoms with Gasteiger partial charge in [0.05, 0.1) is 34.0 Å². The van der Waals surface area contributed by atoms with Crippen molar-refractivity contribution in [2.75, 3.05) is 12.4 Å². The molecular weight excluding hydrogens is 515 g/mol. The van der Waals surface area contributed by atoms with Gasteiger partial charge in [-0.05, 0) is 47.1 Å². The first-order valence-electron chi connectivity index (χ1n) is 7.99. The summed E-state index contributed by atoms with van der Waals surface area (Å²) in [5.41, 5.74) is 1.39. The number of benzene rings is 1. The van der Waals surface area contributed by atoms with Crippen LogP contribution in [0.3, 0.4) is 0 Å². The summed E-state index contributed by atoms with van der Waals surface area (Å²) in [6, 6.07) is 6.68. The van der Waals surface area contributed by atoms with Crippen LogP contribution in [0.25, 0.3) is 0 Å². The topological polar surface area (TPSA) is 85.4 Å². The number of anilines is 1. The zero-order valence-corrected chi connectivity index (χ0v) is 18.7. The van der Waals surface area contributed by atoms with E-state index in [1.807, 2.05) is 0 Å². The van der Waals surface area contributed by atoms with Crippen LogP contribution in [0.15, 0.2) is 34.4 Å². The van der Waals surface area contributed by atoms with Gasteiger partial charge in [0, 0.05) is 21.7 Å². The summed E-state index contributed by atoms with van der Waals surface area (Å²) < 4.78 is 4.84. The molecule has 0 atom stereocenters. The van der Waals surface area contributed by atoms with Crippen molar-refractivity contribution in [1.29, 1.82) is 0 Å². The van der Waals surface area contributed by atoms with Gasteiger partial charge in [-0.3, -0.25) is 14.6 Å². The summed E-state index contributed by atoms with van der Waals surface area (Å²) in [6.45, 7) is 1.62. The van der Waals surface area contributed by atoms with Gasteiger partial charge < -0.3 is 10.1 Å². The fraction of sp³-hybridized carbons (Fsp3) is 0.158. The highest BCUT2D eigenvalue weighted by Crippen LogP contribution is 2.35. The van der Waals surface area contributed by atoms with E-state index in [4.69, 9.17) is 16.3 Å². The monoisotopic (exact) mass is 526 g/mol. The van der Waals surface area contributed by atoms with E-state index in [-0.39, 0.29) is 32.2 Å². The standard InChI is InChI=1S/C19H13Br2ClN2O4/c1-8-12-14(13(19(27)28-2)11(7-20)23-8)17(25)15(21)16(18(12)26)24-10-5-3-9(22)4-6-10/h3-6,24H,7H2,1-2H3. The quantitative estimate of drug-likeness (QED) is 0.452. The third-order valence-electron chi connectivity index (χ3n) is 4.18. The molecule has 1 aromatic heterocycles. The lowest BCUT2D eigenvalue weighted by Gasteiger charge is -2.23. The maximum absolute atomic E-state index is 13.2. The Bertz CT molecular complexity index is 1050. The highest BCUT2D eigenvalue weighted by atomic mass is 79.9. The van der Waals surface area contributed by atoms with Gasteiger partial charge in [-0.25, -0.2) is 4.79 Å². The van der Waals surface area contributed by atoms with E-state index >= 15 is 0 Å². The maximum atomic E-state index is 13.2. The number of pyridine rings is 1. The third kappa shape index (κ3) is 3.52. The molecule has 0 saturated heterocycles. The number of hydrogen-bond acceptors (Lipinski definition) is 6. The fourth-order valence-electron chi connectivity index (χ4n) is 2.93. The number of nitrogens with zero attached hydrogens (tertiary/aromatic N) is 1. The predicted molar refractivity (Wildman–Crippen MR) is 113 cm³/mol. The van der Waals surface area contributed by atoms with E-state index in [1.165, 1.54) is 7.11 Å². The number of alkyl halides is 1. The Kier molecular flexibility index (Phi) is 6.02. The number of ether oxygens (including phenoxy) is 1. The van der Waals surface area contributed by atoms with Gasteiger partial charge in [0.2, 0.25) is 11.6 Å². The number of carbonyl (C=O) groups excluding carboxylic acids is 3. The van der Waals surface area contributed by atoms with Crippen LogP contribution in [0.2, 0.25) is 5.02 Å². The lowest BCUT2D eigenvalue weighted by atomic mass is 9.87. The molecular formula is C19H13Br2ClN2O4. The minimum atomic E-state index is -0.728. The van der Waals surface area contributed by atoms with Gasteiger partial charge in [0.25, 0.3) is 0 Å². The Labute approximate surface area is 182 Å². The molecule has 0 radical (unpaired) electrons. The van der Waals surface area contributed by atoms with Crippen LogP contribution in [-0.4, -0.2) is 29.6 Å². The number of hydrogen-bond donors (Lipinski definition) is 1.